The molecule has 0 bridgehead atoms. The molecule has 7 rings (SSSR count). The van der Waals surface area contributed by atoms with E-state index in [1.54, 1.807) is 46.1 Å². The van der Waals surface area contributed by atoms with Gasteiger partial charge in [0.15, 0.2) is 0 Å². The maximum atomic E-state index is 14.7. The van der Waals surface area contributed by atoms with Gasteiger partial charge < -0.3 is 39.1 Å². The molecule has 5 atom stereocenters. The van der Waals surface area contributed by atoms with Crippen molar-refractivity contribution in [3.63, 3.8) is 0 Å². The monoisotopic (exact) mass is 809 g/mol. The van der Waals surface area contributed by atoms with Gasteiger partial charge in [0.05, 0.1) is 25.1 Å². The summed E-state index contributed by atoms with van der Waals surface area (Å²) in [7, 11) is -0.482. The van der Waals surface area contributed by atoms with Gasteiger partial charge in [-0.2, -0.15) is 0 Å². The summed E-state index contributed by atoms with van der Waals surface area (Å²) < 4.78 is 51.2. The van der Waals surface area contributed by atoms with Crippen LogP contribution in [-0.2, 0) is 29.1 Å². The summed E-state index contributed by atoms with van der Waals surface area (Å²) in [6.45, 7) is 5.84. The summed E-state index contributed by atoms with van der Waals surface area (Å²) in [4.78, 5) is 68.5. The van der Waals surface area contributed by atoms with Crippen molar-refractivity contribution in [1.82, 2.24) is 35.1 Å². The number of fused-ring (bicyclic) bond motifs is 3. The van der Waals surface area contributed by atoms with Crippen LogP contribution < -0.4 is 24.8 Å². The van der Waals surface area contributed by atoms with Gasteiger partial charge in [-0.1, -0.05) is 12.8 Å². The predicted molar refractivity (Wildman–Crippen MR) is 207 cm³/mol. The van der Waals surface area contributed by atoms with Gasteiger partial charge >= 0.3 is 6.09 Å². The number of amides is 4. The van der Waals surface area contributed by atoms with Crippen molar-refractivity contribution in [1.29, 1.82) is 0 Å². The number of alkyl carbamates (subject to hydrolysis) is 1. The van der Waals surface area contributed by atoms with E-state index in [0.717, 1.165) is 19.3 Å². The van der Waals surface area contributed by atoms with Crippen LogP contribution in [0.5, 0.6) is 11.6 Å². The lowest BCUT2D eigenvalue weighted by Crippen LogP contribution is -2.59. The number of carbonyl (C=O) groups is 4. The van der Waals surface area contributed by atoms with E-state index < -0.39 is 68.4 Å². The van der Waals surface area contributed by atoms with Crippen LogP contribution in [-0.4, -0.2) is 120 Å². The molecule has 0 spiro atoms. The third-order valence-corrected chi connectivity index (χ3v) is 12.7. The number of hydrogen-bond donors (Lipinski definition) is 3. The Morgan fingerprint density at radius 1 is 1.07 bits per heavy atom. The first-order chi connectivity index (χ1) is 27.0. The Kier molecular flexibility index (Phi) is 11.1. The molecule has 4 aliphatic rings. The molecule has 2 saturated heterocycles. The second-order valence-electron chi connectivity index (χ2n) is 16.6. The first kappa shape index (κ1) is 40.2. The molecule has 2 aliphatic carbocycles. The number of aromatic nitrogens is 2. The Balaban J connectivity index is 1.23. The number of nitrogens with zero attached hydrogens (tertiary/aromatic N) is 4. The Morgan fingerprint density at radius 2 is 1.86 bits per heavy atom. The number of nitrogens with one attached hydrogen (secondary N) is 3. The molecule has 2 aliphatic heterocycles. The van der Waals surface area contributed by atoms with Crippen molar-refractivity contribution in [2.75, 3.05) is 33.8 Å². The average Bonchev–Trinajstić information content (AvgIpc) is 4.01. The van der Waals surface area contributed by atoms with E-state index in [4.69, 9.17) is 23.6 Å². The van der Waals surface area contributed by atoms with Crippen LogP contribution >= 0.6 is 0 Å². The van der Waals surface area contributed by atoms with E-state index in [9.17, 15) is 27.6 Å². The number of rotatable bonds is 8. The SMILES string of the molecule is COc1ccc2c(O[C@@H]3C[C@H]4C(=O)N[C@]5(C(=O)NS(=O)(=O)C6CC6)C[C@H]5CCCCCN(C)C[C@H](NC(=O)OC(C)(C)C)C(=O)N4C3)nc(-c3ncco3)cc2c1. The van der Waals surface area contributed by atoms with Crippen LogP contribution in [0.15, 0.2) is 41.1 Å². The van der Waals surface area contributed by atoms with Crippen molar-refractivity contribution in [2.24, 2.45) is 5.92 Å². The van der Waals surface area contributed by atoms with E-state index in [0.29, 0.717) is 48.0 Å². The van der Waals surface area contributed by atoms with Crippen molar-refractivity contribution in [3.8, 4) is 23.2 Å². The first-order valence-corrected chi connectivity index (χ1v) is 21.0. The predicted octanol–water partition coefficient (Wildman–Crippen LogP) is 3.13. The fraction of sp³-hybridized carbons (Fsp3) is 0.590. The quantitative estimate of drug-likeness (QED) is 0.299. The Hall–Kier alpha value is -4.97. The zero-order chi connectivity index (χ0) is 40.7. The molecule has 3 N–H and O–H groups in total. The van der Waals surface area contributed by atoms with Crippen LogP contribution in [0.25, 0.3) is 22.4 Å². The highest BCUT2D eigenvalue weighted by atomic mass is 32.2. The lowest BCUT2D eigenvalue weighted by molar-refractivity contribution is -0.141. The number of oxazole rings is 1. The lowest BCUT2D eigenvalue weighted by atomic mass is 10.1. The standard InChI is InChI=1S/C39H51N7O10S/c1-38(2,3)56-37(50)42-30-22-45(4)15-8-6-7-9-24-20-39(24,36(49)44-57(51,52)27-11-12-27)43-32(47)31-19-26(21-46(31)35(30)48)55-33-28-13-10-25(53-5)17-23(28)18-29(41-33)34-40-14-16-54-34/h10,13-14,16-18,24,26-27,30-31H,6-9,11-12,15,19-22H2,1-5H3,(H,42,50)(H,43,47)(H,44,49)/t24-,26-,30+,31+,39-/m1/s1. The molecule has 18 heteroatoms. The average molecular weight is 810 g/mol. The molecule has 4 heterocycles. The highest BCUT2D eigenvalue weighted by molar-refractivity contribution is 7.91. The molecule has 57 heavy (non-hydrogen) atoms. The van der Waals surface area contributed by atoms with Crippen LogP contribution in [0.1, 0.15) is 72.1 Å². The zero-order valence-electron chi connectivity index (χ0n) is 32.9. The third-order valence-electron chi connectivity index (χ3n) is 10.9. The van der Waals surface area contributed by atoms with Crippen molar-refractivity contribution in [3.05, 3.63) is 36.7 Å². The fourth-order valence-electron chi connectivity index (χ4n) is 7.75. The number of benzene rings is 1. The maximum absolute atomic E-state index is 14.7. The lowest BCUT2D eigenvalue weighted by Gasteiger charge is -2.32. The van der Waals surface area contributed by atoms with E-state index in [2.05, 4.69) is 20.3 Å². The second-order valence-corrected chi connectivity index (χ2v) is 18.5. The minimum absolute atomic E-state index is 0.00212. The molecular formula is C39H51N7O10S. The summed E-state index contributed by atoms with van der Waals surface area (Å²) in [6, 6.07) is 4.89. The number of likely N-dealkylation sites (N-methyl/N-ethyl adjacent to an activating group) is 1. The Morgan fingerprint density at radius 3 is 2.56 bits per heavy atom. The van der Waals surface area contributed by atoms with Crippen LogP contribution in [0.3, 0.4) is 0 Å². The Bertz CT molecular complexity index is 2120. The van der Waals surface area contributed by atoms with E-state index in [1.807, 2.05) is 18.0 Å². The van der Waals surface area contributed by atoms with Gasteiger partial charge in [0.25, 0.3) is 5.91 Å². The number of methoxy groups -OCH3 is 1. The highest BCUT2D eigenvalue weighted by Gasteiger charge is 2.62. The van der Waals surface area contributed by atoms with Gasteiger partial charge in [-0.25, -0.2) is 23.2 Å². The minimum Gasteiger partial charge on any atom is -0.497 e. The first-order valence-electron chi connectivity index (χ1n) is 19.5. The van der Waals surface area contributed by atoms with Gasteiger partial charge in [0.1, 0.15) is 47.0 Å². The van der Waals surface area contributed by atoms with Gasteiger partial charge in [0, 0.05) is 18.4 Å². The molecule has 308 valence electrons. The smallest absolute Gasteiger partial charge is 0.408 e. The molecule has 1 aromatic carbocycles. The number of pyridine rings is 1. The number of sulfonamides is 1. The largest absolute Gasteiger partial charge is 0.497 e. The van der Waals surface area contributed by atoms with Crippen LogP contribution in [0.4, 0.5) is 4.79 Å². The molecular weight excluding hydrogens is 759 g/mol. The third kappa shape index (κ3) is 9.11. The number of ether oxygens (including phenoxy) is 3. The molecule has 4 amide bonds. The molecule has 0 unspecified atom stereocenters. The summed E-state index contributed by atoms with van der Waals surface area (Å²) in [6.07, 6.45) is 5.50. The van der Waals surface area contributed by atoms with Crippen LogP contribution in [0.2, 0.25) is 0 Å². The van der Waals surface area contributed by atoms with Crippen LogP contribution in [0, 0.1) is 5.92 Å². The minimum atomic E-state index is -3.90. The summed E-state index contributed by atoms with van der Waals surface area (Å²) in [5.74, 6) is -1.18. The van der Waals surface area contributed by atoms with Crippen molar-refractivity contribution < 1.29 is 46.2 Å². The maximum Gasteiger partial charge on any atom is 0.408 e. The summed E-state index contributed by atoms with van der Waals surface area (Å²) >= 11 is 0. The number of carbonyl (C=O) groups excluding carboxylic acids is 4. The molecule has 17 nitrogen and oxygen atoms in total. The van der Waals surface area contributed by atoms with Gasteiger partial charge in [-0.15, -0.1) is 0 Å². The molecule has 4 fully saturated rings. The van der Waals surface area contributed by atoms with Gasteiger partial charge in [0.2, 0.25) is 33.6 Å². The number of hydrogen-bond acceptors (Lipinski definition) is 13. The zero-order valence-corrected chi connectivity index (χ0v) is 33.7. The topological polar surface area (TPSA) is 212 Å². The fourth-order valence-corrected chi connectivity index (χ4v) is 9.12. The molecule has 2 saturated carbocycles. The second kappa shape index (κ2) is 15.8. The van der Waals surface area contributed by atoms with Gasteiger partial charge in [-0.05, 0) is 102 Å². The van der Waals surface area contributed by atoms with E-state index in [1.165, 1.54) is 17.4 Å². The van der Waals surface area contributed by atoms with E-state index in [-0.39, 0.29) is 43.6 Å². The Labute approximate surface area is 331 Å². The molecule has 2 aromatic heterocycles. The highest BCUT2D eigenvalue weighted by Crippen LogP contribution is 2.48. The van der Waals surface area contributed by atoms with Crippen molar-refractivity contribution in [2.45, 2.75) is 107 Å². The van der Waals surface area contributed by atoms with Crippen molar-refractivity contribution >= 4 is 44.6 Å². The normalized spacial score (nSPS) is 26.3. The molecule has 0 radical (unpaired) electrons. The summed E-state index contributed by atoms with van der Waals surface area (Å²) in [5, 5.41) is 6.38. The molecule has 3 aromatic rings. The van der Waals surface area contributed by atoms with E-state index >= 15 is 0 Å². The summed E-state index contributed by atoms with van der Waals surface area (Å²) in [5.41, 5.74) is -1.91. The van der Waals surface area contributed by atoms with Gasteiger partial charge in [-0.3, -0.25) is 19.1 Å².